The number of fused-ring (bicyclic) bond motifs is 1. The summed E-state index contributed by atoms with van der Waals surface area (Å²) in [6.07, 6.45) is 3.05. The average molecular weight is 250 g/mol. The lowest BCUT2D eigenvalue weighted by molar-refractivity contribution is -0.143. The highest BCUT2D eigenvalue weighted by Gasteiger charge is 2.09. The fourth-order valence-corrected chi connectivity index (χ4v) is 1.67. The minimum Gasteiger partial charge on any atom is -0.466 e. The first-order valence-corrected chi connectivity index (χ1v) is 5.66. The van der Waals surface area contributed by atoms with E-state index in [-0.39, 0.29) is 24.5 Å². The van der Waals surface area contributed by atoms with Crippen LogP contribution in [0.4, 0.5) is 0 Å². The molecule has 7 nitrogen and oxygen atoms in total. The van der Waals surface area contributed by atoms with E-state index in [1.807, 2.05) is 0 Å². The first-order chi connectivity index (χ1) is 8.63. The standard InChI is InChI=1S/C11H14N4O3/c1-3-18-9(16)4-5-15-7-12-10-8(11(15)17)6-13-14(10)2/h6-7H,3-5H2,1-2H3. The fourth-order valence-electron chi connectivity index (χ4n) is 1.67. The first-order valence-electron chi connectivity index (χ1n) is 5.66. The highest BCUT2D eigenvalue weighted by Crippen LogP contribution is 2.03. The van der Waals surface area contributed by atoms with Crippen molar-refractivity contribution in [2.45, 2.75) is 19.9 Å². The van der Waals surface area contributed by atoms with Crippen molar-refractivity contribution in [3.05, 3.63) is 22.9 Å². The zero-order valence-electron chi connectivity index (χ0n) is 10.3. The molecular formula is C11H14N4O3. The lowest BCUT2D eigenvalue weighted by atomic mass is 10.4. The van der Waals surface area contributed by atoms with Gasteiger partial charge in [-0.25, -0.2) is 4.98 Å². The normalized spacial score (nSPS) is 10.8. The molecule has 2 rings (SSSR count). The molecule has 0 N–H and O–H groups in total. The van der Waals surface area contributed by atoms with E-state index in [0.29, 0.717) is 17.6 Å². The van der Waals surface area contributed by atoms with Gasteiger partial charge < -0.3 is 4.74 Å². The van der Waals surface area contributed by atoms with E-state index in [4.69, 9.17) is 4.74 Å². The molecule has 7 heteroatoms. The smallest absolute Gasteiger partial charge is 0.307 e. The molecule has 0 spiro atoms. The van der Waals surface area contributed by atoms with Gasteiger partial charge in [-0.15, -0.1) is 0 Å². The van der Waals surface area contributed by atoms with Gasteiger partial charge in [0, 0.05) is 13.6 Å². The number of hydrogen-bond acceptors (Lipinski definition) is 5. The molecule has 0 unspecified atom stereocenters. The van der Waals surface area contributed by atoms with Crippen LogP contribution in [0.1, 0.15) is 13.3 Å². The molecule has 0 bridgehead atoms. The van der Waals surface area contributed by atoms with Gasteiger partial charge in [0.15, 0.2) is 5.65 Å². The number of hydrogen-bond donors (Lipinski definition) is 0. The number of esters is 1. The van der Waals surface area contributed by atoms with E-state index in [0.717, 1.165) is 0 Å². The van der Waals surface area contributed by atoms with Crippen LogP contribution in [0.5, 0.6) is 0 Å². The van der Waals surface area contributed by atoms with Crippen LogP contribution in [-0.2, 0) is 23.1 Å². The van der Waals surface area contributed by atoms with E-state index in [1.54, 1.807) is 14.0 Å². The summed E-state index contributed by atoms with van der Waals surface area (Å²) in [6, 6.07) is 0. The molecule has 0 amide bonds. The zero-order valence-corrected chi connectivity index (χ0v) is 10.3. The number of carbonyl (C=O) groups excluding carboxylic acids is 1. The van der Waals surface area contributed by atoms with Crippen molar-refractivity contribution < 1.29 is 9.53 Å². The van der Waals surface area contributed by atoms with Crippen LogP contribution in [0.25, 0.3) is 11.0 Å². The molecule has 2 aromatic heterocycles. The summed E-state index contributed by atoms with van der Waals surface area (Å²) in [6.45, 7) is 2.34. The Bertz CT molecular complexity index is 629. The number of rotatable bonds is 4. The number of aryl methyl sites for hydroxylation is 2. The number of carbonyl (C=O) groups is 1. The monoisotopic (exact) mass is 250 g/mol. The molecular weight excluding hydrogens is 236 g/mol. The van der Waals surface area contributed by atoms with E-state index >= 15 is 0 Å². The third kappa shape index (κ3) is 2.24. The number of ether oxygens (including phenoxy) is 1. The molecule has 0 atom stereocenters. The minimum atomic E-state index is -0.323. The van der Waals surface area contributed by atoms with Crippen LogP contribution in [-0.4, -0.2) is 31.9 Å². The molecule has 96 valence electrons. The van der Waals surface area contributed by atoms with Crippen molar-refractivity contribution in [1.82, 2.24) is 19.3 Å². The SMILES string of the molecule is CCOC(=O)CCn1cnc2c(cnn2C)c1=O. The summed E-state index contributed by atoms with van der Waals surface area (Å²) < 4.78 is 7.73. The average Bonchev–Trinajstić information content (AvgIpc) is 2.72. The molecule has 2 heterocycles. The summed E-state index contributed by atoms with van der Waals surface area (Å²) >= 11 is 0. The maximum atomic E-state index is 12.0. The molecule has 0 saturated heterocycles. The van der Waals surface area contributed by atoms with Gasteiger partial charge in [-0.3, -0.25) is 18.8 Å². The molecule has 0 aliphatic carbocycles. The van der Waals surface area contributed by atoms with Crippen molar-refractivity contribution in [3.8, 4) is 0 Å². The summed E-state index contributed by atoms with van der Waals surface area (Å²) in [5.41, 5.74) is 0.338. The van der Waals surface area contributed by atoms with Crippen LogP contribution in [0, 0.1) is 0 Å². The number of nitrogens with zero attached hydrogens (tertiary/aromatic N) is 4. The Hall–Kier alpha value is -2.18. The van der Waals surface area contributed by atoms with Gasteiger partial charge in [-0.05, 0) is 6.92 Å². The molecule has 0 aromatic carbocycles. The van der Waals surface area contributed by atoms with Gasteiger partial charge in [0.2, 0.25) is 0 Å². The Morgan fingerprint density at radius 2 is 2.28 bits per heavy atom. The van der Waals surface area contributed by atoms with Crippen LogP contribution in [0.3, 0.4) is 0 Å². The van der Waals surface area contributed by atoms with Gasteiger partial charge in [0.05, 0.1) is 25.6 Å². The summed E-state index contributed by atoms with van der Waals surface area (Å²) in [5.74, 6) is -0.323. The Morgan fingerprint density at radius 3 is 3.00 bits per heavy atom. The lowest BCUT2D eigenvalue weighted by Gasteiger charge is -2.05. The van der Waals surface area contributed by atoms with Crippen molar-refractivity contribution >= 4 is 17.0 Å². The first kappa shape index (κ1) is 12.3. The maximum absolute atomic E-state index is 12.0. The van der Waals surface area contributed by atoms with Crippen molar-refractivity contribution in [2.24, 2.45) is 7.05 Å². The second-order valence-electron chi connectivity index (χ2n) is 3.80. The van der Waals surface area contributed by atoms with Crippen LogP contribution >= 0.6 is 0 Å². The molecule has 0 aliphatic rings. The molecule has 0 radical (unpaired) electrons. The fraction of sp³-hybridized carbons (Fsp3) is 0.455. The van der Waals surface area contributed by atoms with Crippen molar-refractivity contribution in [2.75, 3.05) is 6.61 Å². The summed E-state index contributed by atoms with van der Waals surface area (Å²) in [4.78, 5) is 27.4. The van der Waals surface area contributed by atoms with Crippen LogP contribution in [0.2, 0.25) is 0 Å². The quantitative estimate of drug-likeness (QED) is 0.718. The second-order valence-corrected chi connectivity index (χ2v) is 3.80. The second kappa shape index (κ2) is 4.99. The third-order valence-electron chi connectivity index (χ3n) is 2.58. The van der Waals surface area contributed by atoms with E-state index in [2.05, 4.69) is 10.1 Å². The van der Waals surface area contributed by atoms with Gasteiger partial charge >= 0.3 is 5.97 Å². The predicted octanol–water partition coefficient (Wildman–Crippen LogP) is 0.0832. The van der Waals surface area contributed by atoms with Gasteiger partial charge in [-0.1, -0.05) is 0 Å². The highest BCUT2D eigenvalue weighted by molar-refractivity contribution is 5.73. The Kier molecular flexibility index (Phi) is 3.40. The largest absolute Gasteiger partial charge is 0.466 e. The third-order valence-corrected chi connectivity index (χ3v) is 2.58. The predicted molar refractivity (Wildman–Crippen MR) is 64.0 cm³/mol. The Labute approximate surface area is 103 Å². The van der Waals surface area contributed by atoms with Gasteiger partial charge in [0.25, 0.3) is 5.56 Å². The van der Waals surface area contributed by atoms with E-state index in [9.17, 15) is 9.59 Å². The minimum absolute atomic E-state index is 0.154. The summed E-state index contributed by atoms with van der Waals surface area (Å²) in [7, 11) is 1.72. The van der Waals surface area contributed by atoms with Gasteiger partial charge in [0.1, 0.15) is 5.39 Å². The topological polar surface area (TPSA) is 79.0 Å². The van der Waals surface area contributed by atoms with Crippen molar-refractivity contribution in [1.29, 1.82) is 0 Å². The van der Waals surface area contributed by atoms with E-state index in [1.165, 1.54) is 21.8 Å². The number of aromatic nitrogens is 4. The van der Waals surface area contributed by atoms with Crippen LogP contribution in [0.15, 0.2) is 17.3 Å². The molecule has 18 heavy (non-hydrogen) atoms. The Balaban J connectivity index is 2.22. The molecule has 0 saturated carbocycles. The molecule has 2 aromatic rings. The highest BCUT2D eigenvalue weighted by atomic mass is 16.5. The van der Waals surface area contributed by atoms with Crippen LogP contribution < -0.4 is 5.56 Å². The van der Waals surface area contributed by atoms with E-state index < -0.39 is 0 Å². The van der Waals surface area contributed by atoms with Gasteiger partial charge in [-0.2, -0.15) is 5.10 Å². The van der Waals surface area contributed by atoms with Crippen molar-refractivity contribution in [3.63, 3.8) is 0 Å². The zero-order chi connectivity index (χ0) is 13.1. The Morgan fingerprint density at radius 1 is 1.50 bits per heavy atom. The maximum Gasteiger partial charge on any atom is 0.307 e. The molecule has 0 aliphatic heterocycles. The summed E-state index contributed by atoms with van der Waals surface area (Å²) in [5, 5.41) is 4.42. The lowest BCUT2D eigenvalue weighted by Crippen LogP contribution is -2.22. The molecule has 0 fully saturated rings.